The normalized spacial score (nSPS) is 12.1. The Bertz CT molecular complexity index is 433. The third kappa shape index (κ3) is 3.92. The van der Waals surface area contributed by atoms with Crippen molar-refractivity contribution < 1.29 is 19.0 Å². The minimum absolute atomic E-state index is 0.0187. The maximum atomic E-state index is 13.7. The number of aliphatic hydroxyl groups is 1. The number of hydrogen-bond donors (Lipinski definition) is 1. The van der Waals surface area contributed by atoms with E-state index in [0.29, 0.717) is 18.7 Å². The molecule has 0 bridgehead atoms. The van der Waals surface area contributed by atoms with Crippen LogP contribution in [0.5, 0.6) is 5.75 Å². The van der Waals surface area contributed by atoms with E-state index in [-0.39, 0.29) is 18.3 Å². The van der Waals surface area contributed by atoms with Gasteiger partial charge in [0.2, 0.25) is 0 Å². The monoisotopic (exact) mass is 269 g/mol. The zero-order chi connectivity index (χ0) is 14.4. The molecular formula is C14H20FNO3. The third-order valence-corrected chi connectivity index (χ3v) is 2.91. The molecule has 4 nitrogen and oxygen atoms in total. The topological polar surface area (TPSA) is 49.8 Å². The SMILES string of the molecule is CCN(CC)C(=O)C(C)Oc1ccc(CO)cc1F. The van der Waals surface area contributed by atoms with Crippen LogP contribution < -0.4 is 4.74 Å². The average molecular weight is 269 g/mol. The van der Waals surface area contributed by atoms with Crippen molar-refractivity contribution in [1.29, 1.82) is 0 Å². The fourth-order valence-corrected chi connectivity index (χ4v) is 1.77. The van der Waals surface area contributed by atoms with Crippen molar-refractivity contribution in [2.75, 3.05) is 13.1 Å². The Balaban J connectivity index is 2.76. The number of carbonyl (C=O) groups is 1. The highest BCUT2D eigenvalue weighted by Crippen LogP contribution is 2.20. The molecule has 0 aromatic heterocycles. The van der Waals surface area contributed by atoms with Crippen LogP contribution in [0.2, 0.25) is 0 Å². The van der Waals surface area contributed by atoms with E-state index in [0.717, 1.165) is 0 Å². The van der Waals surface area contributed by atoms with Gasteiger partial charge in [0.1, 0.15) is 0 Å². The minimum Gasteiger partial charge on any atom is -0.478 e. The Morgan fingerprint density at radius 2 is 2.05 bits per heavy atom. The summed E-state index contributed by atoms with van der Waals surface area (Å²) in [6.45, 7) is 6.31. The summed E-state index contributed by atoms with van der Waals surface area (Å²) < 4.78 is 19.0. The molecule has 19 heavy (non-hydrogen) atoms. The highest BCUT2D eigenvalue weighted by molar-refractivity contribution is 5.80. The summed E-state index contributed by atoms with van der Waals surface area (Å²) in [6, 6.07) is 4.18. The molecule has 1 unspecified atom stereocenters. The van der Waals surface area contributed by atoms with E-state index in [4.69, 9.17) is 9.84 Å². The van der Waals surface area contributed by atoms with Gasteiger partial charge in [0.05, 0.1) is 6.61 Å². The number of ether oxygens (including phenoxy) is 1. The molecule has 1 aromatic rings. The second kappa shape index (κ2) is 7.09. The van der Waals surface area contributed by atoms with E-state index in [1.54, 1.807) is 17.9 Å². The first-order valence-corrected chi connectivity index (χ1v) is 6.38. The molecule has 0 heterocycles. The number of nitrogens with zero attached hydrogens (tertiary/aromatic N) is 1. The van der Waals surface area contributed by atoms with Crippen LogP contribution >= 0.6 is 0 Å². The Morgan fingerprint density at radius 3 is 2.53 bits per heavy atom. The number of hydrogen-bond acceptors (Lipinski definition) is 3. The number of rotatable bonds is 6. The Kier molecular flexibility index (Phi) is 5.76. The number of halogens is 1. The van der Waals surface area contributed by atoms with E-state index in [9.17, 15) is 9.18 Å². The van der Waals surface area contributed by atoms with Crippen LogP contribution in [0.25, 0.3) is 0 Å². The van der Waals surface area contributed by atoms with Crippen LogP contribution in [-0.2, 0) is 11.4 Å². The lowest BCUT2D eigenvalue weighted by atomic mass is 10.2. The smallest absolute Gasteiger partial charge is 0.263 e. The van der Waals surface area contributed by atoms with Crippen LogP contribution in [0, 0.1) is 5.82 Å². The van der Waals surface area contributed by atoms with E-state index < -0.39 is 11.9 Å². The van der Waals surface area contributed by atoms with Crippen molar-refractivity contribution in [2.45, 2.75) is 33.5 Å². The van der Waals surface area contributed by atoms with Crippen LogP contribution in [0.15, 0.2) is 18.2 Å². The molecule has 0 fully saturated rings. The maximum Gasteiger partial charge on any atom is 0.263 e. The fourth-order valence-electron chi connectivity index (χ4n) is 1.77. The van der Waals surface area contributed by atoms with Gasteiger partial charge in [-0.1, -0.05) is 6.07 Å². The predicted octanol–water partition coefficient (Wildman–Crippen LogP) is 1.95. The predicted molar refractivity (Wildman–Crippen MR) is 70.3 cm³/mol. The summed E-state index contributed by atoms with van der Waals surface area (Å²) >= 11 is 0. The molecule has 1 atom stereocenters. The summed E-state index contributed by atoms with van der Waals surface area (Å²) in [5.74, 6) is -0.730. The van der Waals surface area contributed by atoms with Gasteiger partial charge < -0.3 is 14.7 Å². The Labute approximate surface area is 112 Å². The first-order valence-electron chi connectivity index (χ1n) is 6.38. The lowest BCUT2D eigenvalue weighted by Gasteiger charge is -2.23. The molecule has 1 aromatic carbocycles. The van der Waals surface area contributed by atoms with Gasteiger partial charge in [0, 0.05) is 13.1 Å². The van der Waals surface area contributed by atoms with Crippen molar-refractivity contribution >= 4 is 5.91 Å². The fraction of sp³-hybridized carbons (Fsp3) is 0.500. The van der Waals surface area contributed by atoms with E-state index in [2.05, 4.69) is 0 Å². The van der Waals surface area contributed by atoms with E-state index in [1.807, 2.05) is 13.8 Å². The highest BCUT2D eigenvalue weighted by atomic mass is 19.1. The summed E-state index contributed by atoms with van der Waals surface area (Å²) in [6.07, 6.45) is -0.741. The lowest BCUT2D eigenvalue weighted by Crippen LogP contribution is -2.40. The third-order valence-electron chi connectivity index (χ3n) is 2.91. The zero-order valence-electron chi connectivity index (χ0n) is 11.5. The van der Waals surface area contributed by atoms with Crippen LogP contribution in [0.1, 0.15) is 26.3 Å². The summed E-state index contributed by atoms with van der Waals surface area (Å²) in [5, 5.41) is 8.89. The second-order valence-electron chi connectivity index (χ2n) is 4.19. The summed E-state index contributed by atoms with van der Waals surface area (Å²) in [5.41, 5.74) is 0.465. The van der Waals surface area contributed by atoms with Gasteiger partial charge in [-0.2, -0.15) is 0 Å². The molecular weight excluding hydrogens is 249 g/mol. The molecule has 0 radical (unpaired) electrons. The van der Waals surface area contributed by atoms with Crippen molar-refractivity contribution in [3.63, 3.8) is 0 Å². The number of benzene rings is 1. The molecule has 0 aliphatic rings. The molecule has 106 valence electrons. The minimum atomic E-state index is -0.741. The van der Waals surface area contributed by atoms with Crippen molar-refractivity contribution in [1.82, 2.24) is 4.90 Å². The van der Waals surface area contributed by atoms with Gasteiger partial charge in [0.25, 0.3) is 5.91 Å². The largest absolute Gasteiger partial charge is 0.478 e. The van der Waals surface area contributed by atoms with Gasteiger partial charge in [0.15, 0.2) is 17.7 Å². The van der Waals surface area contributed by atoms with Crippen molar-refractivity contribution in [3.8, 4) is 5.75 Å². The van der Waals surface area contributed by atoms with Crippen LogP contribution in [-0.4, -0.2) is 35.1 Å². The summed E-state index contributed by atoms with van der Waals surface area (Å²) in [7, 11) is 0. The van der Waals surface area contributed by atoms with E-state index in [1.165, 1.54) is 12.1 Å². The molecule has 0 aliphatic heterocycles. The molecule has 1 rings (SSSR count). The molecule has 1 amide bonds. The highest BCUT2D eigenvalue weighted by Gasteiger charge is 2.20. The molecule has 0 saturated carbocycles. The van der Waals surface area contributed by atoms with Gasteiger partial charge >= 0.3 is 0 Å². The average Bonchev–Trinajstić information content (AvgIpc) is 2.42. The molecule has 1 N–H and O–H groups in total. The van der Waals surface area contributed by atoms with Crippen LogP contribution in [0.4, 0.5) is 4.39 Å². The Morgan fingerprint density at radius 1 is 1.42 bits per heavy atom. The first kappa shape index (κ1) is 15.4. The number of likely N-dealkylation sites (N-methyl/N-ethyl adjacent to an activating group) is 1. The summed E-state index contributed by atoms with van der Waals surface area (Å²) in [4.78, 5) is 13.6. The standard InChI is InChI=1S/C14H20FNO3/c1-4-16(5-2)14(18)10(3)19-13-7-6-11(9-17)8-12(13)15/h6-8,10,17H,4-5,9H2,1-3H3. The molecule has 0 aliphatic carbocycles. The zero-order valence-corrected chi connectivity index (χ0v) is 11.5. The molecule has 0 spiro atoms. The maximum absolute atomic E-state index is 13.7. The molecule has 5 heteroatoms. The molecule has 0 saturated heterocycles. The van der Waals surface area contributed by atoms with Gasteiger partial charge in [-0.05, 0) is 38.5 Å². The quantitative estimate of drug-likeness (QED) is 0.858. The van der Waals surface area contributed by atoms with Crippen molar-refractivity contribution in [3.05, 3.63) is 29.6 Å². The van der Waals surface area contributed by atoms with Gasteiger partial charge in [-0.15, -0.1) is 0 Å². The second-order valence-corrected chi connectivity index (χ2v) is 4.19. The van der Waals surface area contributed by atoms with E-state index >= 15 is 0 Å². The van der Waals surface area contributed by atoms with Crippen LogP contribution in [0.3, 0.4) is 0 Å². The van der Waals surface area contributed by atoms with Crippen molar-refractivity contribution in [2.24, 2.45) is 0 Å². The number of carbonyl (C=O) groups excluding carboxylic acids is 1. The number of amides is 1. The first-order chi connectivity index (χ1) is 9.03. The number of aliphatic hydroxyl groups excluding tert-OH is 1. The van der Waals surface area contributed by atoms with Gasteiger partial charge in [-0.25, -0.2) is 4.39 Å². The lowest BCUT2D eigenvalue weighted by molar-refractivity contribution is -0.137. The Hall–Kier alpha value is -1.62. The van der Waals surface area contributed by atoms with Gasteiger partial charge in [-0.3, -0.25) is 4.79 Å².